The molecule has 2 rings (SSSR count). The van der Waals surface area contributed by atoms with E-state index >= 15 is 0 Å². The zero-order valence-electron chi connectivity index (χ0n) is 14.8. The number of carbonyl (C=O) groups is 1. The summed E-state index contributed by atoms with van der Waals surface area (Å²) in [6.45, 7) is 4.13. The molecule has 1 aromatic carbocycles. The molecule has 1 saturated carbocycles. The van der Waals surface area contributed by atoms with Gasteiger partial charge in [0, 0.05) is 12.1 Å². The van der Waals surface area contributed by atoms with Crippen LogP contribution in [0.3, 0.4) is 0 Å². The van der Waals surface area contributed by atoms with E-state index in [1.807, 2.05) is 6.92 Å². The summed E-state index contributed by atoms with van der Waals surface area (Å²) >= 11 is 0. The summed E-state index contributed by atoms with van der Waals surface area (Å²) in [7, 11) is -3.82. The molecule has 0 aliphatic heterocycles. The van der Waals surface area contributed by atoms with Gasteiger partial charge in [0.05, 0.1) is 4.90 Å². The molecule has 6 nitrogen and oxygen atoms in total. The fraction of sp³-hybridized carbons (Fsp3) is 0.588. The van der Waals surface area contributed by atoms with Gasteiger partial charge in [0.2, 0.25) is 15.9 Å². The lowest BCUT2D eigenvalue weighted by molar-refractivity contribution is -0.118. The Hall–Kier alpha value is -1.15. The Labute approximate surface area is 156 Å². The predicted octanol–water partition coefficient (Wildman–Crippen LogP) is 2.61. The van der Waals surface area contributed by atoms with Crippen LogP contribution in [-0.4, -0.2) is 20.9 Å². The Morgan fingerprint density at radius 2 is 1.80 bits per heavy atom. The van der Waals surface area contributed by atoms with E-state index in [0.717, 1.165) is 36.8 Å². The summed E-state index contributed by atoms with van der Waals surface area (Å²) in [6, 6.07) is 2.94. The summed E-state index contributed by atoms with van der Waals surface area (Å²) in [5, 5.41) is 8.07. The lowest BCUT2D eigenvalue weighted by Crippen LogP contribution is -2.36. The SMILES string of the molecule is Cc1cc(S(N)(=O)=O)cc(NC(=O)CC2(CN)CCCCC2)c1C.Cl. The van der Waals surface area contributed by atoms with Gasteiger partial charge in [-0.3, -0.25) is 4.79 Å². The first-order valence-corrected chi connectivity index (χ1v) is 9.85. The normalized spacial score (nSPS) is 16.8. The molecule has 0 heterocycles. The molecule has 0 aromatic heterocycles. The van der Waals surface area contributed by atoms with Crippen molar-refractivity contribution in [3.8, 4) is 0 Å². The van der Waals surface area contributed by atoms with Gasteiger partial charge in [-0.25, -0.2) is 13.6 Å². The maximum absolute atomic E-state index is 12.5. The second-order valence-corrected chi connectivity index (χ2v) is 8.51. The summed E-state index contributed by atoms with van der Waals surface area (Å²) in [6.07, 6.45) is 5.69. The standard InChI is InChI=1S/C17H27N3O3S.ClH/c1-12-8-14(24(19,22)23)9-15(13(12)2)20-16(21)10-17(11-18)6-4-3-5-7-17;/h8-9H,3-7,10-11,18H2,1-2H3,(H,20,21)(H2,19,22,23);1H. The molecule has 1 fully saturated rings. The molecular formula is C17H28ClN3O3S. The Kier molecular flexibility index (Phi) is 7.43. The smallest absolute Gasteiger partial charge is 0.238 e. The molecule has 25 heavy (non-hydrogen) atoms. The first-order valence-electron chi connectivity index (χ1n) is 8.31. The Morgan fingerprint density at radius 3 is 2.32 bits per heavy atom. The van der Waals surface area contributed by atoms with Gasteiger partial charge in [-0.15, -0.1) is 12.4 Å². The van der Waals surface area contributed by atoms with Crippen LogP contribution in [0.25, 0.3) is 0 Å². The summed E-state index contributed by atoms with van der Waals surface area (Å²) in [4.78, 5) is 12.5. The Bertz CT molecular complexity index is 729. The van der Waals surface area contributed by atoms with Crippen molar-refractivity contribution in [1.82, 2.24) is 0 Å². The lowest BCUT2D eigenvalue weighted by Gasteiger charge is -2.35. The number of halogens is 1. The number of hydrogen-bond acceptors (Lipinski definition) is 4. The molecule has 0 spiro atoms. The molecular weight excluding hydrogens is 362 g/mol. The van der Waals surface area contributed by atoms with Crippen LogP contribution in [0.15, 0.2) is 17.0 Å². The number of primary sulfonamides is 1. The third-order valence-electron chi connectivity index (χ3n) is 5.13. The fourth-order valence-corrected chi connectivity index (χ4v) is 4.03. The van der Waals surface area contributed by atoms with Gasteiger partial charge in [-0.05, 0) is 61.9 Å². The number of anilines is 1. The monoisotopic (exact) mass is 389 g/mol. The fourth-order valence-electron chi connectivity index (χ4n) is 3.41. The average Bonchev–Trinajstić information content (AvgIpc) is 2.51. The number of rotatable bonds is 5. The van der Waals surface area contributed by atoms with E-state index < -0.39 is 10.0 Å². The molecule has 1 amide bonds. The molecule has 0 unspecified atom stereocenters. The van der Waals surface area contributed by atoms with Crippen LogP contribution in [0.2, 0.25) is 0 Å². The molecule has 1 aromatic rings. The highest BCUT2D eigenvalue weighted by Crippen LogP contribution is 2.38. The van der Waals surface area contributed by atoms with Crippen molar-refractivity contribution in [2.45, 2.75) is 57.3 Å². The van der Waals surface area contributed by atoms with Crippen molar-refractivity contribution in [1.29, 1.82) is 0 Å². The van der Waals surface area contributed by atoms with Crippen molar-refractivity contribution < 1.29 is 13.2 Å². The van der Waals surface area contributed by atoms with Crippen molar-refractivity contribution >= 4 is 34.0 Å². The zero-order valence-corrected chi connectivity index (χ0v) is 16.4. The molecule has 0 bridgehead atoms. The van der Waals surface area contributed by atoms with Crippen molar-refractivity contribution in [3.63, 3.8) is 0 Å². The number of hydrogen-bond donors (Lipinski definition) is 3. The maximum Gasteiger partial charge on any atom is 0.238 e. The molecule has 142 valence electrons. The van der Waals surface area contributed by atoms with E-state index in [0.29, 0.717) is 18.7 Å². The Morgan fingerprint density at radius 1 is 1.20 bits per heavy atom. The van der Waals surface area contributed by atoms with E-state index in [2.05, 4.69) is 5.32 Å². The quantitative estimate of drug-likeness (QED) is 0.717. The van der Waals surface area contributed by atoms with Crippen molar-refractivity contribution in [2.75, 3.05) is 11.9 Å². The van der Waals surface area contributed by atoms with Crippen LogP contribution in [0.5, 0.6) is 0 Å². The van der Waals surface area contributed by atoms with Gasteiger partial charge < -0.3 is 11.1 Å². The molecule has 0 atom stereocenters. The van der Waals surface area contributed by atoms with Crippen LogP contribution in [-0.2, 0) is 14.8 Å². The minimum Gasteiger partial charge on any atom is -0.330 e. The van der Waals surface area contributed by atoms with Gasteiger partial charge in [0.1, 0.15) is 0 Å². The molecule has 0 radical (unpaired) electrons. The molecule has 1 aliphatic carbocycles. The highest BCUT2D eigenvalue weighted by atomic mass is 35.5. The Balaban J connectivity index is 0.00000312. The zero-order chi connectivity index (χ0) is 18.0. The van der Waals surface area contributed by atoms with Crippen LogP contribution in [0.1, 0.15) is 49.7 Å². The molecule has 0 saturated heterocycles. The lowest BCUT2D eigenvalue weighted by atomic mass is 9.71. The van der Waals surface area contributed by atoms with Crippen LogP contribution < -0.4 is 16.2 Å². The number of nitrogens with two attached hydrogens (primary N) is 2. The summed E-state index contributed by atoms with van der Waals surface area (Å²) in [5.41, 5.74) is 7.90. The third-order valence-corrected chi connectivity index (χ3v) is 6.02. The maximum atomic E-state index is 12.5. The summed E-state index contributed by atoms with van der Waals surface area (Å²) < 4.78 is 23.2. The number of nitrogens with one attached hydrogen (secondary N) is 1. The van der Waals surface area contributed by atoms with Gasteiger partial charge in [-0.1, -0.05) is 19.3 Å². The number of carbonyl (C=O) groups excluding carboxylic acids is 1. The molecule has 8 heteroatoms. The van der Waals surface area contributed by atoms with E-state index in [1.165, 1.54) is 18.6 Å². The van der Waals surface area contributed by atoms with Crippen molar-refractivity contribution in [3.05, 3.63) is 23.3 Å². The van der Waals surface area contributed by atoms with Gasteiger partial charge in [-0.2, -0.15) is 0 Å². The van der Waals surface area contributed by atoms with E-state index in [9.17, 15) is 13.2 Å². The van der Waals surface area contributed by atoms with Crippen LogP contribution >= 0.6 is 12.4 Å². The average molecular weight is 390 g/mol. The van der Waals surface area contributed by atoms with Crippen LogP contribution in [0.4, 0.5) is 5.69 Å². The van der Waals surface area contributed by atoms with E-state index in [4.69, 9.17) is 10.9 Å². The van der Waals surface area contributed by atoms with Crippen LogP contribution in [0, 0.1) is 19.3 Å². The predicted molar refractivity (Wildman–Crippen MR) is 102 cm³/mol. The summed E-state index contributed by atoms with van der Waals surface area (Å²) in [5.74, 6) is -0.128. The van der Waals surface area contributed by atoms with Gasteiger partial charge >= 0.3 is 0 Å². The number of amides is 1. The second kappa shape index (κ2) is 8.49. The highest BCUT2D eigenvalue weighted by Gasteiger charge is 2.33. The van der Waals surface area contributed by atoms with Crippen molar-refractivity contribution in [2.24, 2.45) is 16.3 Å². The van der Waals surface area contributed by atoms with Gasteiger partial charge in [0.15, 0.2) is 0 Å². The highest BCUT2D eigenvalue weighted by molar-refractivity contribution is 7.89. The topological polar surface area (TPSA) is 115 Å². The minimum absolute atomic E-state index is 0. The largest absolute Gasteiger partial charge is 0.330 e. The number of sulfonamides is 1. The first-order chi connectivity index (χ1) is 11.2. The first kappa shape index (κ1) is 21.9. The number of benzene rings is 1. The molecule has 1 aliphatic rings. The number of aryl methyl sites for hydroxylation is 1. The van der Waals surface area contributed by atoms with E-state index in [-0.39, 0.29) is 28.6 Å². The van der Waals surface area contributed by atoms with Gasteiger partial charge in [0.25, 0.3) is 0 Å². The van der Waals surface area contributed by atoms with E-state index in [1.54, 1.807) is 6.92 Å². The second-order valence-electron chi connectivity index (χ2n) is 6.95. The minimum atomic E-state index is -3.82. The molecule has 5 N–H and O–H groups in total. The third kappa shape index (κ3) is 5.41.